The van der Waals surface area contributed by atoms with Gasteiger partial charge in [-0.05, 0) is 50.7 Å². The van der Waals surface area contributed by atoms with Crippen LogP contribution in [0.15, 0.2) is 24.3 Å². The Morgan fingerprint density at radius 1 is 0.962 bits per heavy atom. The lowest BCUT2D eigenvalue weighted by atomic mass is 9.74. The van der Waals surface area contributed by atoms with Gasteiger partial charge < -0.3 is 26.4 Å². The van der Waals surface area contributed by atoms with Gasteiger partial charge in [0.15, 0.2) is 11.6 Å². The summed E-state index contributed by atoms with van der Waals surface area (Å²) in [6.07, 6.45) is 4.09. The topological polar surface area (TPSA) is 115 Å². The van der Waals surface area contributed by atoms with E-state index in [4.69, 9.17) is 16.2 Å². The van der Waals surface area contributed by atoms with E-state index in [1.165, 1.54) is 18.2 Å². The number of hydrogen-bond donors (Lipinski definition) is 4. The first-order chi connectivity index (χ1) is 12.3. The number of pyridine rings is 1. The van der Waals surface area contributed by atoms with E-state index in [2.05, 4.69) is 4.98 Å². The fraction of sp³-hybridized carbons (Fsp3) is 0.421. The van der Waals surface area contributed by atoms with Gasteiger partial charge >= 0.3 is 0 Å². The molecule has 0 saturated heterocycles. The fourth-order valence-electron chi connectivity index (χ4n) is 3.57. The van der Waals surface area contributed by atoms with E-state index in [-0.39, 0.29) is 17.3 Å². The molecule has 0 atom stereocenters. The summed E-state index contributed by atoms with van der Waals surface area (Å²) in [5.41, 5.74) is 11.2. The minimum atomic E-state index is -1.05. The number of hydrogen-bond acceptors (Lipinski definition) is 6. The van der Waals surface area contributed by atoms with Crippen molar-refractivity contribution in [1.82, 2.24) is 4.98 Å². The van der Waals surface area contributed by atoms with E-state index in [1.807, 2.05) is 0 Å². The molecular formula is C19H22FN3O3. The summed E-state index contributed by atoms with van der Waals surface area (Å²) in [6.45, 7) is 0. The number of rotatable bonds is 4. The van der Waals surface area contributed by atoms with Crippen molar-refractivity contribution in [3.8, 4) is 11.6 Å². The summed E-state index contributed by atoms with van der Waals surface area (Å²) < 4.78 is 20.1. The van der Waals surface area contributed by atoms with Gasteiger partial charge in [0.2, 0.25) is 5.88 Å². The molecule has 2 aromatic rings. The third-order valence-corrected chi connectivity index (χ3v) is 5.52. The molecule has 2 fully saturated rings. The van der Waals surface area contributed by atoms with Gasteiger partial charge in [0.05, 0.1) is 17.0 Å². The zero-order valence-corrected chi connectivity index (χ0v) is 14.3. The molecule has 6 N–H and O–H groups in total. The quantitative estimate of drug-likeness (QED) is 0.624. The highest BCUT2D eigenvalue weighted by molar-refractivity contribution is 5.56. The molecule has 6 nitrogen and oxygen atoms in total. The molecule has 0 bridgehead atoms. The number of halogens is 1. The molecule has 4 rings (SSSR count). The number of ether oxygens (including phenoxy) is 1. The smallest absolute Gasteiger partial charge is 0.219 e. The first-order valence-corrected chi connectivity index (χ1v) is 8.80. The molecule has 26 heavy (non-hydrogen) atoms. The first-order valence-electron chi connectivity index (χ1n) is 8.80. The van der Waals surface area contributed by atoms with Gasteiger partial charge in [-0.3, -0.25) is 0 Å². The Bertz CT molecular complexity index is 863. The zero-order chi connectivity index (χ0) is 18.5. The van der Waals surface area contributed by atoms with Crippen molar-refractivity contribution in [2.75, 3.05) is 11.5 Å². The maximum absolute atomic E-state index is 14.5. The molecule has 138 valence electrons. The lowest BCUT2D eigenvalue weighted by Crippen LogP contribution is -2.35. The van der Waals surface area contributed by atoms with Crippen molar-refractivity contribution in [2.24, 2.45) is 0 Å². The second kappa shape index (κ2) is 5.82. The summed E-state index contributed by atoms with van der Waals surface area (Å²) >= 11 is 0. The molecule has 0 amide bonds. The van der Waals surface area contributed by atoms with Gasteiger partial charge in [-0.25, -0.2) is 9.37 Å². The number of aromatic nitrogens is 1. The van der Waals surface area contributed by atoms with Crippen molar-refractivity contribution < 1.29 is 19.3 Å². The minimum absolute atomic E-state index is 0.0852. The molecule has 1 heterocycles. The van der Waals surface area contributed by atoms with Crippen LogP contribution in [0, 0.1) is 5.82 Å². The molecule has 1 aromatic carbocycles. The van der Waals surface area contributed by atoms with Crippen molar-refractivity contribution in [3.63, 3.8) is 0 Å². The maximum atomic E-state index is 14.5. The normalized spacial score (nSPS) is 20.1. The van der Waals surface area contributed by atoms with Crippen molar-refractivity contribution >= 4 is 11.4 Å². The third-order valence-electron chi connectivity index (χ3n) is 5.52. The molecule has 0 spiro atoms. The Balaban J connectivity index is 1.63. The minimum Gasteiger partial charge on any atom is -0.436 e. The van der Waals surface area contributed by atoms with Crippen LogP contribution in [0.4, 0.5) is 15.8 Å². The Labute approximate surface area is 150 Å². The van der Waals surface area contributed by atoms with E-state index in [9.17, 15) is 14.6 Å². The summed E-state index contributed by atoms with van der Waals surface area (Å²) in [6, 6.07) is 5.68. The maximum Gasteiger partial charge on any atom is 0.219 e. The zero-order valence-electron chi connectivity index (χ0n) is 14.3. The van der Waals surface area contributed by atoms with E-state index in [1.54, 1.807) is 6.07 Å². The number of aliphatic hydroxyl groups is 2. The Hall–Kier alpha value is -2.38. The fourth-order valence-corrected chi connectivity index (χ4v) is 3.57. The van der Waals surface area contributed by atoms with Crippen LogP contribution >= 0.6 is 0 Å². The van der Waals surface area contributed by atoms with Gasteiger partial charge in [0.1, 0.15) is 5.60 Å². The van der Waals surface area contributed by atoms with Crippen LogP contribution in [0.1, 0.15) is 49.8 Å². The van der Waals surface area contributed by atoms with E-state index < -0.39 is 17.0 Å². The lowest BCUT2D eigenvalue weighted by molar-refractivity contribution is -0.0422. The van der Waals surface area contributed by atoms with Crippen LogP contribution in [0.25, 0.3) is 0 Å². The second-order valence-electron chi connectivity index (χ2n) is 7.33. The molecule has 1 aromatic heterocycles. The summed E-state index contributed by atoms with van der Waals surface area (Å²) in [5.74, 6) is -0.585. The molecule has 0 unspecified atom stereocenters. The molecular weight excluding hydrogens is 337 g/mol. The van der Waals surface area contributed by atoms with E-state index in [0.717, 1.165) is 12.8 Å². The highest BCUT2D eigenvalue weighted by atomic mass is 19.1. The van der Waals surface area contributed by atoms with Crippen LogP contribution in [-0.2, 0) is 11.2 Å². The van der Waals surface area contributed by atoms with Gasteiger partial charge in [-0.1, -0.05) is 0 Å². The number of anilines is 2. The average Bonchev–Trinajstić information content (AvgIpc) is 2.55. The van der Waals surface area contributed by atoms with Crippen LogP contribution in [0.3, 0.4) is 0 Å². The number of nitrogen functional groups attached to an aromatic ring is 2. The Morgan fingerprint density at radius 3 is 2.19 bits per heavy atom. The van der Waals surface area contributed by atoms with Crippen LogP contribution in [0.5, 0.6) is 11.6 Å². The Morgan fingerprint density at radius 2 is 1.62 bits per heavy atom. The molecule has 7 heteroatoms. The summed E-state index contributed by atoms with van der Waals surface area (Å²) in [4.78, 5) is 4.28. The number of nitrogens with two attached hydrogens (primary N) is 2. The van der Waals surface area contributed by atoms with Gasteiger partial charge in [-0.2, -0.15) is 0 Å². The highest BCUT2D eigenvalue weighted by Crippen LogP contribution is 2.46. The number of benzene rings is 1. The summed E-state index contributed by atoms with van der Waals surface area (Å²) in [7, 11) is 0. The third kappa shape index (κ3) is 2.68. The Kier molecular flexibility index (Phi) is 3.82. The lowest BCUT2D eigenvalue weighted by Gasteiger charge is -2.38. The number of nitrogens with zero attached hydrogens (tertiary/aromatic N) is 1. The summed E-state index contributed by atoms with van der Waals surface area (Å²) in [5, 5.41) is 20.9. The molecule has 0 radical (unpaired) electrons. The van der Waals surface area contributed by atoms with Gasteiger partial charge in [0.25, 0.3) is 0 Å². The predicted molar refractivity (Wildman–Crippen MR) is 95.0 cm³/mol. The van der Waals surface area contributed by atoms with Crippen molar-refractivity contribution in [2.45, 2.75) is 49.7 Å². The van der Waals surface area contributed by atoms with E-state index >= 15 is 0 Å². The molecule has 2 saturated carbocycles. The average molecular weight is 359 g/mol. The van der Waals surface area contributed by atoms with Gasteiger partial charge in [0, 0.05) is 23.4 Å². The highest BCUT2D eigenvalue weighted by Gasteiger charge is 2.40. The molecule has 0 aliphatic heterocycles. The van der Waals surface area contributed by atoms with Crippen LogP contribution in [-0.4, -0.2) is 15.2 Å². The van der Waals surface area contributed by atoms with E-state index in [0.29, 0.717) is 42.6 Å². The van der Waals surface area contributed by atoms with Crippen molar-refractivity contribution in [1.29, 1.82) is 0 Å². The molecule has 2 aliphatic rings. The second-order valence-corrected chi connectivity index (χ2v) is 7.33. The SMILES string of the molecule is Nc1cc(Oc2ccc(N)c(C3(O)CCC3)n2)c(F)cc1C1(O)CCC1. The molecule has 2 aliphatic carbocycles. The largest absolute Gasteiger partial charge is 0.436 e. The predicted octanol–water partition coefficient (Wildman–Crippen LogP) is 2.92. The van der Waals surface area contributed by atoms with Gasteiger partial charge in [-0.15, -0.1) is 0 Å². The standard InChI is InChI=1S/C19H22FN3O3/c20-12-9-11(18(24)5-1-6-18)14(22)10-15(12)26-16-4-3-13(21)17(23-16)19(25)7-2-8-19/h3-4,9-10,24-25H,1-2,5-8,21-22H2. The monoisotopic (exact) mass is 359 g/mol. The van der Waals surface area contributed by atoms with Crippen LogP contribution in [0.2, 0.25) is 0 Å². The first kappa shape index (κ1) is 17.1. The van der Waals surface area contributed by atoms with Crippen molar-refractivity contribution in [3.05, 3.63) is 41.3 Å². The van der Waals surface area contributed by atoms with Crippen LogP contribution < -0.4 is 16.2 Å².